The summed E-state index contributed by atoms with van der Waals surface area (Å²) >= 11 is 1.26. The minimum Gasteiger partial charge on any atom is -0.316 e. The summed E-state index contributed by atoms with van der Waals surface area (Å²) in [6, 6.07) is 12.7. The van der Waals surface area contributed by atoms with E-state index in [-0.39, 0.29) is 18.7 Å². The van der Waals surface area contributed by atoms with E-state index >= 15 is 0 Å². The van der Waals surface area contributed by atoms with Crippen LogP contribution in [0.4, 0.5) is 18.2 Å². The summed E-state index contributed by atoms with van der Waals surface area (Å²) in [5, 5.41) is 12.2. The highest BCUT2D eigenvalue weighted by atomic mass is 32.1. The molecule has 0 saturated heterocycles. The van der Waals surface area contributed by atoms with Crippen molar-refractivity contribution in [1.82, 2.24) is 20.0 Å². The fourth-order valence-electron chi connectivity index (χ4n) is 3.16. The van der Waals surface area contributed by atoms with Crippen LogP contribution in [-0.4, -0.2) is 25.9 Å². The van der Waals surface area contributed by atoms with Gasteiger partial charge >= 0.3 is 6.18 Å². The van der Waals surface area contributed by atoms with Crippen LogP contribution < -0.4 is 5.32 Å². The second-order valence-corrected chi connectivity index (χ2v) is 8.08. The molecule has 31 heavy (non-hydrogen) atoms. The summed E-state index contributed by atoms with van der Waals surface area (Å²) in [4.78, 5) is 16.8. The fraction of sp³-hybridized carbons (Fsp3) is 0.238. The number of fused-ring (bicyclic) bond motifs is 1. The van der Waals surface area contributed by atoms with Crippen LogP contribution >= 0.6 is 11.3 Å². The summed E-state index contributed by atoms with van der Waals surface area (Å²) in [7, 11) is 0. The molecule has 0 aliphatic heterocycles. The number of anilines is 1. The number of alkyl halides is 3. The van der Waals surface area contributed by atoms with Crippen molar-refractivity contribution in [2.24, 2.45) is 0 Å². The van der Waals surface area contributed by atoms with E-state index in [1.807, 2.05) is 24.3 Å². The van der Waals surface area contributed by atoms with Crippen LogP contribution in [-0.2, 0) is 23.9 Å². The van der Waals surface area contributed by atoms with Crippen molar-refractivity contribution >= 4 is 33.3 Å². The summed E-state index contributed by atoms with van der Waals surface area (Å²) < 4.78 is 40.4. The average molecular weight is 445 g/mol. The van der Waals surface area contributed by atoms with Crippen molar-refractivity contribution in [3.63, 3.8) is 0 Å². The van der Waals surface area contributed by atoms with Gasteiger partial charge in [0.1, 0.15) is 10.5 Å². The van der Waals surface area contributed by atoms with Gasteiger partial charge in [0.05, 0.1) is 28.3 Å². The Morgan fingerprint density at radius 3 is 2.77 bits per heavy atom. The van der Waals surface area contributed by atoms with Crippen LogP contribution in [0.25, 0.3) is 11.0 Å². The van der Waals surface area contributed by atoms with Crippen molar-refractivity contribution in [3.8, 4) is 0 Å². The molecule has 1 amide bonds. The number of thiazole rings is 1. The quantitative estimate of drug-likeness (QED) is 0.461. The van der Waals surface area contributed by atoms with Gasteiger partial charge in [0.25, 0.3) is 0 Å². The van der Waals surface area contributed by atoms with E-state index in [0.29, 0.717) is 27.8 Å². The average Bonchev–Trinajstić information content (AvgIpc) is 3.29. The molecule has 4 aromatic rings. The van der Waals surface area contributed by atoms with E-state index in [2.05, 4.69) is 20.6 Å². The summed E-state index contributed by atoms with van der Waals surface area (Å²) in [6.07, 6.45) is -3.92. The molecule has 4 rings (SSSR count). The van der Waals surface area contributed by atoms with Gasteiger partial charge in [0.15, 0.2) is 0 Å². The van der Waals surface area contributed by atoms with Crippen LogP contribution in [0.5, 0.6) is 0 Å². The Kier molecular flexibility index (Phi) is 5.73. The van der Waals surface area contributed by atoms with E-state index < -0.39 is 11.7 Å². The topological polar surface area (TPSA) is 72.7 Å². The summed E-state index contributed by atoms with van der Waals surface area (Å²) in [6.45, 7) is 2.13. The normalized spacial score (nSPS) is 11.7. The number of aryl methyl sites for hydroxylation is 2. The van der Waals surface area contributed by atoms with Gasteiger partial charge in [-0.3, -0.25) is 4.79 Å². The van der Waals surface area contributed by atoms with Crippen molar-refractivity contribution in [3.05, 3.63) is 70.4 Å². The molecule has 6 nitrogen and oxygen atoms in total. The third-order valence-corrected chi connectivity index (χ3v) is 5.75. The molecule has 0 spiro atoms. The number of hydrogen-bond acceptors (Lipinski definition) is 5. The lowest BCUT2D eigenvalue weighted by Gasteiger charge is -2.07. The molecule has 0 saturated carbocycles. The number of benzene rings is 2. The Labute approximate surface area is 179 Å². The Bertz CT molecular complexity index is 1230. The number of amides is 1. The standard InChI is InChI=1S/C21H18F3N5OS/c1-13-20(26-18(30)9-10-29-17-8-3-2-7-16(17)27-28-29)31-19(25-13)12-14-5-4-6-15(11-14)21(22,23)24/h2-8,11H,9-10,12H2,1H3,(H,26,30). The molecule has 1 N–H and O–H groups in total. The van der Waals surface area contributed by atoms with Crippen molar-refractivity contribution < 1.29 is 18.0 Å². The zero-order valence-corrected chi connectivity index (χ0v) is 17.3. The smallest absolute Gasteiger partial charge is 0.316 e. The molecule has 2 heterocycles. The predicted molar refractivity (Wildman–Crippen MR) is 112 cm³/mol. The fourth-order valence-corrected chi connectivity index (χ4v) is 4.17. The maximum absolute atomic E-state index is 12.9. The summed E-state index contributed by atoms with van der Waals surface area (Å²) in [5.74, 6) is -0.197. The number of nitrogens with one attached hydrogen (secondary N) is 1. The Balaban J connectivity index is 1.39. The number of nitrogens with zero attached hydrogens (tertiary/aromatic N) is 4. The summed E-state index contributed by atoms with van der Waals surface area (Å²) in [5.41, 5.74) is 2.08. The second kappa shape index (κ2) is 8.46. The van der Waals surface area contributed by atoms with Gasteiger partial charge in [-0.1, -0.05) is 35.5 Å². The van der Waals surface area contributed by atoms with E-state index in [9.17, 15) is 18.0 Å². The SMILES string of the molecule is Cc1nc(Cc2cccc(C(F)(F)F)c2)sc1NC(=O)CCn1nnc2ccccc21. The molecule has 2 aromatic heterocycles. The van der Waals surface area contributed by atoms with Gasteiger partial charge in [0, 0.05) is 12.8 Å². The number of rotatable bonds is 6. The van der Waals surface area contributed by atoms with E-state index in [1.165, 1.54) is 17.4 Å². The molecule has 0 fully saturated rings. The molecule has 2 aromatic carbocycles. The molecular formula is C21H18F3N5OS. The molecule has 0 radical (unpaired) electrons. The highest BCUT2D eigenvalue weighted by molar-refractivity contribution is 7.16. The Hall–Kier alpha value is -3.27. The Morgan fingerprint density at radius 2 is 1.97 bits per heavy atom. The molecular weight excluding hydrogens is 427 g/mol. The van der Waals surface area contributed by atoms with Gasteiger partial charge in [-0.15, -0.1) is 16.4 Å². The van der Waals surface area contributed by atoms with Crippen molar-refractivity contribution in [2.45, 2.75) is 32.5 Å². The van der Waals surface area contributed by atoms with Gasteiger partial charge in [-0.2, -0.15) is 13.2 Å². The predicted octanol–water partition coefficient (Wildman–Crippen LogP) is 4.83. The number of aromatic nitrogens is 4. The third kappa shape index (κ3) is 4.91. The molecule has 0 atom stereocenters. The van der Waals surface area contributed by atoms with Crippen LogP contribution in [0.1, 0.15) is 28.2 Å². The first kappa shape index (κ1) is 21.0. The lowest BCUT2D eigenvalue weighted by Crippen LogP contribution is -2.15. The van der Waals surface area contributed by atoms with Crippen LogP contribution in [0.3, 0.4) is 0 Å². The van der Waals surface area contributed by atoms with E-state index in [1.54, 1.807) is 17.7 Å². The minimum atomic E-state index is -4.39. The third-order valence-electron chi connectivity index (χ3n) is 4.67. The van der Waals surface area contributed by atoms with Gasteiger partial charge in [-0.05, 0) is 30.7 Å². The van der Waals surface area contributed by atoms with E-state index in [0.717, 1.165) is 23.2 Å². The van der Waals surface area contributed by atoms with Crippen molar-refractivity contribution in [2.75, 3.05) is 5.32 Å². The highest BCUT2D eigenvalue weighted by Gasteiger charge is 2.30. The van der Waals surface area contributed by atoms with E-state index in [4.69, 9.17) is 0 Å². The molecule has 0 aliphatic rings. The minimum absolute atomic E-state index is 0.197. The van der Waals surface area contributed by atoms with Crippen molar-refractivity contribution in [1.29, 1.82) is 0 Å². The number of carbonyl (C=O) groups excluding carboxylic acids is 1. The van der Waals surface area contributed by atoms with Gasteiger partial charge in [-0.25, -0.2) is 9.67 Å². The first-order chi connectivity index (χ1) is 14.8. The highest BCUT2D eigenvalue weighted by Crippen LogP contribution is 2.31. The van der Waals surface area contributed by atoms with Gasteiger partial charge < -0.3 is 5.32 Å². The first-order valence-electron chi connectivity index (χ1n) is 9.50. The van der Waals surface area contributed by atoms with Crippen LogP contribution in [0.15, 0.2) is 48.5 Å². The number of carbonyl (C=O) groups is 1. The Morgan fingerprint density at radius 1 is 1.16 bits per heavy atom. The molecule has 0 unspecified atom stereocenters. The van der Waals surface area contributed by atoms with Crippen LogP contribution in [0.2, 0.25) is 0 Å². The number of para-hydroxylation sites is 1. The molecule has 10 heteroatoms. The molecule has 160 valence electrons. The zero-order valence-electron chi connectivity index (χ0n) is 16.5. The van der Waals surface area contributed by atoms with Gasteiger partial charge in [0.2, 0.25) is 5.91 Å². The lowest BCUT2D eigenvalue weighted by molar-refractivity contribution is -0.137. The maximum atomic E-state index is 12.9. The molecule has 0 aliphatic carbocycles. The zero-order chi connectivity index (χ0) is 22.0. The lowest BCUT2D eigenvalue weighted by atomic mass is 10.1. The monoisotopic (exact) mass is 445 g/mol. The first-order valence-corrected chi connectivity index (χ1v) is 10.3. The largest absolute Gasteiger partial charge is 0.416 e. The second-order valence-electron chi connectivity index (χ2n) is 7.00. The maximum Gasteiger partial charge on any atom is 0.416 e. The number of hydrogen-bond donors (Lipinski definition) is 1. The van der Waals surface area contributed by atoms with Crippen LogP contribution in [0, 0.1) is 6.92 Å². The molecule has 0 bridgehead atoms. The number of halogens is 3.